The van der Waals surface area contributed by atoms with Gasteiger partial charge in [-0.15, -0.1) is 10.2 Å². The number of nitrogens with zero attached hydrogens (tertiary/aromatic N) is 5. The van der Waals surface area contributed by atoms with Crippen LogP contribution in [0.1, 0.15) is 12.7 Å². The highest BCUT2D eigenvalue weighted by Crippen LogP contribution is 2.14. The molecule has 0 saturated carbocycles. The Balaban J connectivity index is 2.05. The Hall–Kier alpha value is -3.22. The first-order valence-electron chi connectivity index (χ1n) is 7.71. The molecule has 24 heavy (non-hydrogen) atoms. The molecule has 0 aliphatic rings. The molecule has 0 aliphatic carbocycles. The van der Waals surface area contributed by atoms with Gasteiger partial charge in [0.1, 0.15) is 0 Å². The van der Waals surface area contributed by atoms with Crippen molar-refractivity contribution in [2.75, 3.05) is 0 Å². The van der Waals surface area contributed by atoms with Crippen LogP contribution in [0.25, 0.3) is 16.7 Å². The summed E-state index contributed by atoms with van der Waals surface area (Å²) in [4.78, 5) is 24.6. The zero-order chi connectivity index (χ0) is 16.7. The summed E-state index contributed by atoms with van der Waals surface area (Å²) in [6.45, 7) is 2.68. The summed E-state index contributed by atoms with van der Waals surface area (Å²) in [6, 6.07) is 12.4. The average Bonchev–Trinajstić information content (AvgIpc) is 3.01. The number of aromatic nitrogens is 5. The third kappa shape index (κ3) is 2.05. The van der Waals surface area contributed by atoms with E-state index in [0.717, 1.165) is 5.52 Å². The van der Waals surface area contributed by atoms with E-state index in [9.17, 15) is 9.59 Å². The molecule has 0 bridgehead atoms. The Morgan fingerprint density at radius 2 is 1.79 bits per heavy atom. The molecule has 0 aliphatic heterocycles. The van der Waals surface area contributed by atoms with Gasteiger partial charge in [0.25, 0.3) is 11.1 Å². The lowest BCUT2D eigenvalue weighted by Crippen LogP contribution is -2.24. The molecule has 4 rings (SSSR count). The molecule has 0 saturated heterocycles. The molecule has 0 spiro atoms. The van der Waals surface area contributed by atoms with Gasteiger partial charge in [-0.2, -0.15) is 0 Å². The second kappa shape index (κ2) is 5.45. The van der Waals surface area contributed by atoms with Crippen molar-refractivity contribution in [1.29, 1.82) is 0 Å². The zero-order valence-electron chi connectivity index (χ0n) is 13.1. The van der Waals surface area contributed by atoms with Crippen LogP contribution in [-0.2, 0) is 13.1 Å². The van der Waals surface area contributed by atoms with Crippen LogP contribution in [0.5, 0.6) is 0 Å². The van der Waals surface area contributed by atoms with Gasteiger partial charge in [-0.3, -0.25) is 18.6 Å². The summed E-state index contributed by atoms with van der Waals surface area (Å²) >= 11 is 0. The van der Waals surface area contributed by atoms with E-state index in [1.54, 1.807) is 33.5 Å². The zero-order valence-corrected chi connectivity index (χ0v) is 13.1. The fraction of sp³-hybridized carbons (Fsp3) is 0.176. The summed E-state index contributed by atoms with van der Waals surface area (Å²) in [5.74, 6) is 1.09. The molecular formula is C17H15N5O2. The highest BCUT2D eigenvalue weighted by molar-refractivity contribution is 5.80. The molecule has 7 heteroatoms. The normalized spacial score (nSPS) is 11.4. The van der Waals surface area contributed by atoms with E-state index in [0.29, 0.717) is 23.5 Å². The van der Waals surface area contributed by atoms with Gasteiger partial charge in [-0.05, 0) is 25.1 Å². The predicted molar refractivity (Wildman–Crippen MR) is 90.2 cm³/mol. The monoisotopic (exact) mass is 321 g/mol. The summed E-state index contributed by atoms with van der Waals surface area (Å²) in [6.07, 6.45) is 1.71. The fourth-order valence-corrected chi connectivity index (χ4v) is 2.95. The number of hydrogen-bond donors (Lipinski definition) is 0. The van der Waals surface area contributed by atoms with Crippen molar-refractivity contribution in [3.63, 3.8) is 0 Å². The molecule has 0 amide bonds. The third-order valence-corrected chi connectivity index (χ3v) is 4.10. The van der Waals surface area contributed by atoms with Crippen molar-refractivity contribution >= 4 is 16.7 Å². The van der Waals surface area contributed by atoms with E-state index in [1.165, 1.54) is 6.07 Å². The fourth-order valence-electron chi connectivity index (χ4n) is 2.95. The molecule has 0 radical (unpaired) electrons. The molecule has 1 aromatic carbocycles. The van der Waals surface area contributed by atoms with Crippen LogP contribution >= 0.6 is 0 Å². The number of rotatable bonds is 3. The van der Waals surface area contributed by atoms with E-state index < -0.39 is 0 Å². The maximum atomic E-state index is 12.6. The largest absolute Gasteiger partial charge is 0.308 e. The van der Waals surface area contributed by atoms with Crippen molar-refractivity contribution in [3.05, 3.63) is 75.2 Å². The lowest BCUT2D eigenvalue weighted by atomic mass is 10.2. The van der Waals surface area contributed by atoms with Crippen molar-refractivity contribution in [2.45, 2.75) is 20.0 Å². The van der Waals surface area contributed by atoms with E-state index in [2.05, 4.69) is 10.2 Å². The molecule has 7 nitrogen and oxygen atoms in total. The Morgan fingerprint density at radius 3 is 2.58 bits per heavy atom. The Morgan fingerprint density at radius 1 is 1.00 bits per heavy atom. The van der Waals surface area contributed by atoms with Gasteiger partial charge < -0.3 is 4.57 Å². The Labute approximate surface area is 136 Å². The van der Waals surface area contributed by atoms with Gasteiger partial charge >= 0.3 is 0 Å². The SMILES string of the molecule is CCn1c(=O)c2ccccc2n2c(Cn3ccccc3=O)nnc12. The van der Waals surface area contributed by atoms with Gasteiger partial charge in [0, 0.05) is 18.8 Å². The maximum absolute atomic E-state index is 12.6. The van der Waals surface area contributed by atoms with Crippen molar-refractivity contribution < 1.29 is 0 Å². The molecular weight excluding hydrogens is 306 g/mol. The highest BCUT2D eigenvalue weighted by atomic mass is 16.1. The predicted octanol–water partition coefficient (Wildman–Crippen LogP) is 1.27. The number of benzene rings is 1. The molecule has 4 aromatic rings. The van der Waals surface area contributed by atoms with E-state index >= 15 is 0 Å². The first kappa shape index (κ1) is 14.4. The highest BCUT2D eigenvalue weighted by Gasteiger charge is 2.15. The van der Waals surface area contributed by atoms with Gasteiger partial charge in [-0.1, -0.05) is 18.2 Å². The number of fused-ring (bicyclic) bond motifs is 3. The van der Waals surface area contributed by atoms with Crippen molar-refractivity contribution in [1.82, 2.24) is 23.7 Å². The van der Waals surface area contributed by atoms with Crippen molar-refractivity contribution in [2.24, 2.45) is 0 Å². The summed E-state index contributed by atoms with van der Waals surface area (Å²) in [5, 5.41) is 9.02. The first-order chi connectivity index (χ1) is 11.7. The summed E-state index contributed by atoms with van der Waals surface area (Å²) in [7, 11) is 0. The molecule has 0 fully saturated rings. The Kier molecular flexibility index (Phi) is 3.26. The second-order valence-corrected chi connectivity index (χ2v) is 5.48. The van der Waals surface area contributed by atoms with Crippen LogP contribution < -0.4 is 11.1 Å². The lowest BCUT2D eigenvalue weighted by Gasteiger charge is -2.10. The molecule has 3 aromatic heterocycles. The Bertz CT molecular complexity index is 1170. The minimum absolute atomic E-state index is 0.0866. The van der Waals surface area contributed by atoms with Crippen molar-refractivity contribution in [3.8, 4) is 0 Å². The number of hydrogen-bond acceptors (Lipinski definition) is 4. The average molecular weight is 321 g/mol. The van der Waals surface area contributed by atoms with Gasteiger partial charge in [-0.25, -0.2) is 0 Å². The van der Waals surface area contributed by atoms with Gasteiger partial charge in [0.15, 0.2) is 5.82 Å². The minimum atomic E-state index is -0.109. The topological polar surface area (TPSA) is 74.2 Å². The van der Waals surface area contributed by atoms with Crippen LogP contribution in [-0.4, -0.2) is 23.7 Å². The van der Waals surface area contributed by atoms with E-state index in [-0.39, 0.29) is 17.7 Å². The minimum Gasteiger partial charge on any atom is -0.308 e. The maximum Gasteiger partial charge on any atom is 0.262 e. The van der Waals surface area contributed by atoms with Crippen LogP contribution in [0.2, 0.25) is 0 Å². The number of aryl methyl sites for hydroxylation is 1. The first-order valence-corrected chi connectivity index (χ1v) is 7.71. The molecule has 3 heterocycles. The number of para-hydroxylation sites is 1. The quantitative estimate of drug-likeness (QED) is 0.569. The lowest BCUT2D eigenvalue weighted by molar-refractivity contribution is 0.703. The summed E-state index contributed by atoms with van der Waals surface area (Å²) in [5.41, 5.74) is 0.546. The molecule has 0 atom stereocenters. The van der Waals surface area contributed by atoms with Crippen LogP contribution in [0, 0.1) is 0 Å². The smallest absolute Gasteiger partial charge is 0.262 e. The molecule has 0 unspecified atom stereocenters. The standard InChI is InChI=1S/C17H15N5O2/c1-2-21-16(24)12-7-3-4-8-13(12)22-14(18-19-17(21)22)11-20-10-6-5-9-15(20)23/h3-10H,2,11H2,1H3. The van der Waals surface area contributed by atoms with Gasteiger partial charge in [0.2, 0.25) is 5.78 Å². The molecule has 0 N–H and O–H groups in total. The summed E-state index contributed by atoms with van der Waals surface area (Å²) < 4.78 is 5.00. The third-order valence-electron chi connectivity index (χ3n) is 4.10. The van der Waals surface area contributed by atoms with E-state index in [4.69, 9.17) is 0 Å². The van der Waals surface area contributed by atoms with Crippen LogP contribution in [0.4, 0.5) is 0 Å². The van der Waals surface area contributed by atoms with E-state index in [1.807, 2.05) is 29.5 Å². The van der Waals surface area contributed by atoms with Crippen LogP contribution in [0.3, 0.4) is 0 Å². The van der Waals surface area contributed by atoms with Crippen LogP contribution in [0.15, 0.2) is 58.3 Å². The van der Waals surface area contributed by atoms with Gasteiger partial charge in [0.05, 0.1) is 17.4 Å². The second-order valence-electron chi connectivity index (χ2n) is 5.48. The molecule has 120 valence electrons. The number of pyridine rings is 1.